The number of hydrogen-bond donors (Lipinski definition) is 1. The zero-order chi connectivity index (χ0) is 10.2. The molecule has 4 heteroatoms. The van der Waals surface area contributed by atoms with E-state index in [1.807, 2.05) is 13.8 Å². The van der Waals surface area contributed by atoms with Gasteiger partial charge in [0.2, 0.25) is 0 Å². The van der Waals surface area contributed by atoms with Gasteiger partial charge in [-0.2, -0.15) is 5.26 Å². The molecule has 0 aliphatic heterocycles. The standard InChI is InChI=1S/C9H10ClNO2/c1-9(2)6(3-5(10)4-11)7(9)8(12)13/h3,6-7H,1-2H3,(H,12,13)/t6-,7+/m1/s1. The highest BCUT2D eigenvalue weighted by atomic mass is 35.5. The van der Waals surface area contributed by atoms with Gasteiger partial charge in [-0.15, -0.1) is 0 Å². The quantitative estimate of drug-likeness (QED) is 0.692. The Morgan fingerprint density at radius 2 is 2.23 bits per heavy atom. The van der Waals surface area contributed by atoms with Crippen molar-refractivity contribution in [3.63, 3.8) is 0 Å². The summed E-state index contributed by atoms with van der Waals surface area (Å²) in [5, 5.41) is 17.3. The van der Waals surface area contributed by atoms with Crippen molar-refractivity contribution in [1.82, 2.24) is 0 Å². The van der Waals surface area contributed by atoms with E-state index < -0.39 is 11.9 Å². The van der Waals surface area contributed by atoms with E-state index in [0.29, 0.717) is 0 Å². The van der Waals surface area contributed by atoms with Gasteiger partial charge in [0.15, 0.2) is 0 Å². The maximum absolute atomic E-state index is 10.7. The van der Waals surface area contributed by atoms with E-state index in [1.54, 1.807) is 6.07 Å². The lowest BCUT2D eigenvalue weighted by Crippen LogP contribution is -2.02. The van der Waals surface area contributed by atoms with Crippen molar-refractivity contribution in [1.29, 1.82) is 5.26 Å². The summed E-state index contributed by atoms with van der Waals surface area (Å²) in [5.74, 6) is -1.35. The van der Waals surface area contributed by atoms with E-state index in [4.69, 9.17) is 22.0 Å². The lowest BCUT2D eigenvalue weighted by Gasteiger charge is -1.96. The molecule has 0 saturated heterocycles. The summed E-state index contributed by atoms with van der Waals surface area (Å²) < 4.78 is 0. The number of hydrogen-bond acceptors (Lipinski definition) is 2. The first-order valence-electron chi connectivity index (χ1n) is 3.91. The molecule has 1 N–H and O–H groups in total. The van der Waals surface area contributed by atoms with Crippen LogP contribution in [-0.4, -0.2) is 11.1 Å². The Labute approximate surface area is 81.6 Å². The maximum atomic E-state index is 10.7. The van der Waals surface area contributed by atoms with Gasteiger partial charge in [0, 0.05) is 0 Å². The molecule has 0 aromatic rings. The molecule has 3 nitrogen and oxygen atoms in total. The van der Waals surface area contributed by atoms with E-state index in [-0.39, 0.29) is 16.4 Å². The summed E-state index contributed by atoms with van der Waals surface area (Å²) in [6, 6.07) is 1.77. The summed E-state index contributed by atoms with van der Waals surface area (Å²) in [5.41, 5.74) is -0.275. The van der Waals surface area contributed by atoms with E-state index in [1.165, 1.54) is 6.08 Å². The predicted molar refractivity (Wildman–Crippen MR) is 47.9 cm³/mol. The minimum atomic E-state index is -0.825. The van der Waals surface area contributed by atoms with Gasteiger partial charge in [-0.3, -0.25) is 4.79 Å². The number of nitrogens with zero attached hydrogens (tertiary/aromatic N) is 1. The number of carboxylic acids is 1. The fourth-order valence-corrected chi connectivity index (χ4v) is 1.79. The molecular formula is C9H10ClNO2. The van der Waals surface area contributed by atoms with Crippen LogP contribution in [0.4, 0.5) is 0 Å². The van der Waals surface area contributed by atoms with Crippen LogP contribution in [0.2, 0.25) is 0 Å². The summed E-state index contributed by atoms with van der Waals surface area (Å²) >= 11 is 5.50. The van der Waals surface area contributed by atoms with Gasteiger partial charge >= 0.3 is 5.97 Å². The molecule has 2 atom stereocenters. The summed E-state index contributed by atoms with van der Waals surface area (Å²) in [4.78, 5) is 10.7. The average Bonchev–Trinajstić information content (AvgIpc) is 2.53. The fourth-order valence-electron chi connectivity index (χ4n) is 1.66. The second kappa shape index (κ2) is 3.04. The van der Waals surface area contributed by atoms with Gasteiger partial charge in [0.05, 0.1) is 5.92 Å². The molecule has 1 rings (SSSR count). The highest BCUT2D eigenvalue weighted by molar-refractivity contribution is 6.31. The second-order valence-corrected chi connectivity index (χ2v) is 4.20. The fraction of sp³-hybridized carbons (Fsp3) is 0.556. The zero-order valence-electron chi connectivity index (χ0n) is 7.41. The Bertz CT molecular complexity index is 314. The van der Waals surface area contributed by atoms with Gasteiger partial charge in [-0.1, -0.05) is 31.5 Å². The third kappa shape index (κ3) is 1.68. The number of carboxylic acid groups (broad SMARTS) is 1. The molecule has 0 unspecified atom stereocenters. The predicted octanol–water partition coefficient (Wildman–Crippen LogP) is 1.99. The molecule has 1 saturated carbocycles. The Morgan fingerprint density at radius 3 is 2.54 bits per heavy atom. The van der Waals surface area contributed by atoms with Crippen LogP contribution < -0.4 is 0 Å². The molecule has 0 radical (unpaired) electrons. The van der Waals surface area contributed by atoms with E-state index in [9.17, 15) is 4.79 Å². The highest BCUT2D eigenvalue weighted by Gasteiger charge is 2.61. The van der Waals surface area contributed by atoms with Crippen molar-refractivity contribution in [3.8, 4) is 6.07 Å². The summed E-state index contributed by atoms with van der Waals surface area (Å²) in [6.07, 6.45) is 1.53. The van der Waals surface area contributed by atoms with Crippen LogP contribution in [0.25, 0.3) is 0 Å². The average molecular weight is 200 g/mol. The van der Waals surface area contributed by atoms with Crippen LogP contribution in [0, 0.1) is 28.6 Å². The Hall–Kier alpha value is -1.01. The number of nitriles is 1. The van der Waals surface area contributed by atoms with Gasteiger partial charge in [-0.05, 0) is 11.3 Å². The van der Waals surface area contributed by atoms with Crippen LogP contribution in [0.15, 0.2) is 11.1 Å². The van der Waals surface area contributed by atoms with E-state index >= 15 is 0 Å². The number of allylic oxidation sites excluding steroid dienone is 2. The van der Waals surface area contributed by atoms with Crippen LogP contribution in [-0.2, 0) is 4.79 Å². The van der Waals surface area contributed by atoms with Crippen molar-refractivity contribution in [2.45, 2.75) is 13.8 Å². The molecular weight excluding hydrogens is 190 g/mol. The molecule has 0 spiro atoms. The van der Waals surface area contributed by atoms with Gasteiger partial charge in [0.25, 0.3) is 0 Å². The first-order chi connectivity index (χ1) is 5.91. The normalized spacial score (nSPS) is 30.8. The SMILES string of the molecule is CC1(C)[C@H](C=C(Cl)C#N)[C@H]1C(=O)O. The van der Waals surface area contributed by atoms with Gasteiger partial charge in [0.1, 0.15) is 11.1 Å². The molecule has 0 amide bonds. The number of aliphatic carboxylic acids is 1. The monoisotopic (exact) mass is 199 g/mol. The summed E-state index contributed by atoms with van der Waals surface area (Å²) in [7, 11) is 0. The number of rotatable bonds is 2. The minimum Gasteiger partial charge on any atom is -0.481 e. The largest absolute Gasteiger partial charge is 0.481 e. The topological polar surface area (TPSA) is 61.1 Å². The summed E-state index contributed by atoms with van der Waals surface area (Å²) in [6.45, 7) is 3.71. The molecule has 13 heavy (non-hydrogen) atoms. The van der Waals surface area contributed by atoms with Crippen LogP contribution in [0.3, 0.4) is 0 Å². The lowest BCUT2D eigenvalue weighted by atomic mass is 10.1. The Kier molecular flexibility index (Phi) is 2.36. The first-order valence-corrected chi connectivity index (χ1v) is 4.29. The third-order valence-electron chi connectivity index (χ3n) is 2.61. The van der Waals surface area contributed by atoms with Crippen molar-refractivity contribution in [2.24, 2.45) is 17.3 Å². The van der Waals surface area contributed by atoms with Gasteiger partial charge < -0.3 is 5.11 Å². The molecule has 1 aliphatic rings. The molecule has 0 aromatic heterocycles. The molecule has 1 aliphatic carbocycles. The third-order valence-corrected chi connectivity index (χ3v) is 2.82. The smallest absolute Gasteiger partial charge is 0.307 e. The van der Waals surface area contributed by atoms with Crippen LogP contribution >= 0.6 is 11.6 Å². The molecule has 0 aromatic carbocycles. The van der Waals surface area contributed by atoms with Crippen molar-refractivity contribution in [2.75, 3.05) is 0 Å². The molecule has 0 heterocycles. The maximum Gasteiger partial charge on any atom is 0.307 e. The van der Waals surface area contributed by atoms with Crippen molar-refractivity contribution < 1.29 is 9.90 Å². The van der Waals surface area contributed by atoms with E-state index in [0.717, 1.165) is 0 Å². The van der Waals surface area contributed by atoms with Crippen molar-refractivity contribution in [3.05, 3.63) is 11.1 Å². The van der Waals surface area contributed by atoms with E-state index in [2.05, 4.69) is 0 Å². The molecule has 0 bridgehead atoms. The number of halogens is 1. The minimum absolute atomic E-state index is 0.0711. The van der Waals surface area contributed by atoms with Gasteiger partial charge in [-0.25, -0.2) is 0 Å². The lowest BCUT2D eigenvalue weighted by molar-refractivity contribution is -0.139. The Balaban J connectivity index is 2.79. The number of carbonyl (C=O) groups is 1. The van der Waals surface area contributed by atoms with Crippen LogP contribution in [0.1, 0.15) is 13.8 Å². The Morgan fingerprint density at radius 1 is 1.69 bits per heavy atom. The van der Waals surface area contributed by atoms with Crippen molar-refractivity contribution >= 4 is 17.6 Å². The second-order valence-electron chi connectivity index (χ2n) is 3.79. The zero-order valence-corrected chi connectivity index (χ0v) is 8.17. The first kappa shape index (κ1) is 10.1. The molecule has 70 valence electrons. The molecule has 1 fully saturated rings. The highest BCUT2D eigenvalue weighted by Crippen LogP contribution is 2.59. The van der Waals surface area contributed by atoms with Crippen LogP contribution in [0.5, 0.6) is 0 Å².